The van der Waals surface area contributed by atoms with E-state index in [0.717, 1.165) is 33.8 Å². The van der Waals surface area contributed by atoms with Gasteiger partial charge in [-0.3, -0.25) is 0 Å². The molecule has 6 nitrogen and oxygen atoms in total. The van der Waals surface area contributed by atoms with Gasteiger partial charge in [0.05, 0.1) is 4.47 Å². The normalized spacial score (nSPS) is 11.3. The number of anilines is 1. The molecule has 0 saturated heterocycles. The van der Waals surface area contributed by atoms with Crippen molar-refractivity contribution in [3.63, 3.8) is 0 Å². The third-order valence-electron chi connectivity index (χ3n) is 5.20. The molecule has 0 fully saturated rings. The second-order valence-electron chi connectivity index (χ2n) is 7.33. The Morgan fingerprint density at radius 2 is 2.06 bits per heavy atom. The molecule has 2 heterocycles. The zero-order valence-electron chi connectivity index (χ0n) is 16.9. The Bertz CT molecular complexity index is 1280. The van der Waals surface area contributed by atoms with Crippen LogP contribution < -0.4 is 5.73 Å². The number of aromatic nitrogens is 2. The second-order valence-corrected chi connectivity index (χ2v) is 8.48. The van der Waals surface area contributed by atoms with Crippen LogP contribution in [0.4, 0.5) is 5.69 Å². The number of halogens is 2. The molecule has 0 saturated carbocycles. The van der Waals surface area contributed by atoms with Crippen LogP contribution in [-0.2, 0) is 13.0 Å². The van der Waals surface area contributed by atoms with Gasteiger partial charge in [0.2, 0.25) is 0 Å². The summed E-state index contributed by atoms with van der Waals surface area (Å²) in [5.41, 5.74) is 9.19. The molecule has 8 heteroatoms. The number of unbranched alkanes of at least 4 members (excludes halogenated alkanes) is 1. The Morgan fingerprint density at radius 1 is 1.29 bits per heavy atom. The first kappa shape index (κ1) is 21.5. The van der Waals surface area contributed by atoms with Crippen LogP contribution in [0, 0.1) is 0 Å². The first-order chi connectivity index (χ1) is 14.9. The fourth-order valence-corrected chi connectivity index (χ4v) is 4.52. The van der Waals surface area contributed by atoms with E-state index in [4.69, 9.17) is 21.8 Å². The van der Waals surface area contributed by atoms with Crippen molar-refractivity contribution in [1.82, 2.24) is 9.55 Å². The van der Waals surface area contributed by atoms with E-state index in [1.807, 2.05) is 42.5 Å². The maximum absolute atomic E-state index is 11.8. The number of imidazole rings is 1. The molecule has 0 aliphatic heterocycles. The number of carboxylic acid groups (broad SMARTS) is 1. The number of furan rings is 1. The van der Waals surface area contributed by atoms with Crippen LogP contribution in [0.25, 0.3) is 22.3 Å². The molecule has 4 rings (SSSR count). The third-order valence-corrected chi connectivity index (χ3v) is 6.25. The molecule has 3 N–H and O–H groups in total. The monoisotopic (exact) mass is 501 g/mol. The number of aromatic carboxylic acids is 1. The molecular formula is C23H21BrClN3O3. The molecule has 4 aromatic rings. The number of hydrogen-bond donors (Lipinski definition) is 2. The van der Waals surface area contributed by atoms with Crippen molar-refractivity contribution < 1.29 is 14.3 Å². The number of fused-ring (bicyclic) bond motifs is 1. The molecular weight excluding hydrogens is 482 g/mol. The van der Waals surface area contributed by atoms with Gasteiger partial charge in [-0.25, -0.2) is 9.78 Å². The van der Waals surface area contributed by atoms with Gasteiger partial charge in [-0.05, 0) is 52.2 Å². The van der Waals surface area contributed by atoms with Crippen molar-refractivity contribution in [3.05, 3.63) is 69.2 Å². The van der Waals surface area contributed by atoms with Crippen molar-refractivity contribution >= 4 is 50.2 Å². The van der Waals surface area contributed by atoms with Gasteiger partial charge in [-0.15, -0.1) is 0 Å². The Hall–Kier alpha value is -2.77. The molecule has 31 heavy (non-hydrogen) atoms. The smallest absolute Gasteiger partial charge is 0.355 e. The maximum atomic E-state index is 11.8. The van der Waals surface area contributed by atoms with Gasteiger partial charge in [0.15, 0.2) is 16.6 Å². The van der Waals surface area contributed by atoms with E-state index in [2.05, 4.69) is 27.8 Å². The highest BCUT2D eigenvalue weighted by Gasteiger charge is 2.22. The number of nitrogens with two attached hydrogens (primary N) is 1. The number of carbonyl (C=O) groups is 1. The fourth-order valence-electron chi connectivity index (χ4n) is 3.64. The minimum atomic E-state index is -1.09. The molecule has 0 bridgehead atoms. The third kappa shape index (κ3) is 4.07. The Morgan fingerprint density at radius 3 is 2.77 bits per heavy atom. The second kappa shape index (κ2) is 8.77. The lowest BCUT2D eigenvalue weighted by Crippen LogP contribution is -2.13. The molecule has 0 atom stereocenters. The molecule has 2 aromatic carbocycles. The summed E-state index contributed by atoms with van der Waals surface area (Å²) in [4.78, 5) is 16.1. The zero-order valence-corrected chi connectivity index (χ0v) is 19.2. The average Bonchev–Trinajstić information content (AvgIpc) is 3.23. The maximum Gasteiger partial charge on any atom is 0.355 e. The molecule has 0 spiro atoms. The first-order valence-corrected chi connectivity index (χ1v) is 11.1. The van der Waals surface area contributed by atoms with Gasteiger partial charge in [0, 0.05) is 29.6 Å². The Labute approximate surface area is 192 Å². The Balaban J connectivity index is 1.76. The SMILES string of the molecule is CCCCc1nc(Cl)c(C(=O)O)n1Cc1ccc2oc(-c3ccccc3N)c(Br)c2c1. The lowest BCUT2D eigenvalue weighted by molar-refractivity contribution is 0.0685. The van der Waals surface area contributed by atoms with E-state index in [1.165, 1.54) is 0 Å². The predicted molar refractivity (Wildman–Crippen MR) is 126 cm³/mol. The van der Waals surface area contributed by atoms with Crippen LogP contribution in [0.3, 0.4) is 0 Å². The molecule has 0 amide bonds. The summed E-state index contributed by atoms with van der Waals surface area (Å²) in [5, 5.41) is 10.6. The molecule has 2 aromatic heterocycles. The number of carboxylic acids is 1. The molecule has 0 aliphatic carbocycles. The minimum Gasteiger partial charge on any atom is -0.476 e. The summed E-state index contributed by atoms with van der Waals surface area (Å²) in [7, 11) is 0. The molecule has 0 unspecified atom stereocenters. The van der Waals surface area contributed by atoms with E-state index in [0.29, 0.717) is 35.8 Å². The highest BCUT2D eigenvalue weighted by molar-refractivity contribution is 9.10. The van der Waals surface area contributed by atoms with E-state index in [9.17, 15) is 9.90 Å². The summed E-state index contributed by atoms with van der Waals surface area (Å²) >= 11 is 9.80. The predicted octanol–water partition coefficient (Wildman–Crippen LogP) is 6.38. The van der Waals surface area contributed by atoms with Gasteiger partial charge in [-0.2, -0.15) is 0 Å². The van der Waals surface area contributed by atoms with Crippen LogP contribution >= 0.6 is 27.5 Å². The number of benzene rings is 2. The van der Waals surface area contributed by atoms with Crippen molar-refractivity contribution in [2.24, 2.45) is 0 Å². The van der Waals surface area contributed by atoms with Crippen molar-refractivity contribution in [2.45, 2.75) is 32.7 Å². The van der Waals surface area contributed by atoms with Crippen molar-refractivity contribution in [2.75, 3.05) is 5.73 Å². The summed E-state index contributed by atoms with van der Waals surface area (Å²) in [6.45, 7) is 2.42. The Kier molecular flexibility index (Phi) is 6.07. The van der Waals surface area contributed by atoms with E-state index >= 15 is 0 Å². The van der Waals surface area contributed by atoms with Gasteiger partial charge in [-0.1, -0.05) is 43.1 Å². The van der Waals surface area contributed by atoms with E-state index in [1.54, 1.807) is 4.57 Å². The van der Waals surface area contributed by atoms with Crippen LogP contribution in [0.15, 0.2) is 51.4 Å². The van der Waals surface area contributed by atoms with Gasteiger partial charge >= 0.3 is 5.97 Å². The summed E-state index contributed by atoms with van der Waals surface area (Å²) in [6, 6.07) is 13.3. The van der Waals surface area contributed by atoms with Crippen molar-refractivity contribution in [3.8, 4) is 11.3 Å². The first-order valence-electron chi connectivity index (χ1n) is 9.94. The van der Waals surface area contributed by atoms with Gasteiger partial charge in [0.25, 0.3) is 0 Å². The number of nitrogen functional groups attached to an aromatic ring is 1. The minimum absolute atomic E-state index is 0.0110. The topological polar surface area (TPSA) is 94.3 Å². The van der Waals surface area contributed by atoms with Crippen LogP contribution in [-0.4, -0.2) is 20.6 Å². The molecule has 0 aliphatic rings. The summed E-state index contributed by atoms with van der Waals surface area (Å²) in [6.07, 6.45) is 2.55. The van der Waals surface area contributed by atoms with E-state index in [-0.39, 0.29) is 10.8 Å². The molecule has 160 valence electrons. The number of nitrogens with zero attached hydrogens (tertiary/aromatic N) is 2. The quantitative estimate of drug-likeness (QED) is 0.286. The highest BCUT2D eigenvalue weighted by Crippen LogP contribution is 2.40. The van der Waals surface area contributed by atoms with E-state index < -0.39 is 5.97 Å². The largest absolute Gasteiger partial charge is 0.476 e. The zero-order chi connectivity index (χ0) is 22.1. The lowest BCUT2D eigenvalue weighted by atomic mass is 10.1. The summed E-state index contributed by atoms with van der Waals surface area (Å²) in [5.74, 6) is 0.242. The highest BCUT2D eigenvalue weighted by atomic mass is 79.9. The number of rotatable bonds is 7. The number of aryl methyl sites for hydroxylation is 1. The number of hydrogen-bond acceptors (Lipinski definition) is 4. The standard InChI is InChI=1S/C23H21BrClN3O3/c1-2-3-8-18-27-22(25)20(23(29)30)28(18)12-13-9-10-17-15(11-13)19(24)21(31-17)14-6-4-5-7-16(14)26/h4-7,9-11H,2-3,8,12,26H2,1H3,(H,29,30). The average molecular weight is 503 g/mol. The fraction of sp³-hybridized carbons (Fsp3) is 0.217. The summed E-state index contributed by atoms with van der Waals surface area (Å²) < 4.78 is 8.54. The van der Waals surface area contributed by atoms with Crippen LogP contribution in [0.1, 0.15) is 41.6 Å². The van der Waals surface area contributed by atoms with Gasteiger partial charge in [0.1, 0.15) is 11.4 Å². The van der Waals surface area contributed by atoms with Crippen LogP contribution in [0.2, 0.25) is 5.15 Å². The lowest BCUT2D eigenvalue weighted by Gasteiger charge is -2.10. The number of para-hydroxylation sites is 1. The molecule has 0 radical (unpaired) electrons. The van der Waals surface area contributed by atoms with Crippen LogP contribution in [0.5, 0.6) is 0 Å². The van der Waals surface area contributed by atoms with Crippen molar-refractivity contribution in [1.29, 1.82) is 0 Å². The van der Waals surface area contributed by atoms with Gasteiger partial charge < -0.3 is 19.8 Å².